The van der Waals surface area contributed by atoms with E-state index in [0.717, 1.165) is 0 Å². The van der Waals surface area contributed by atoms with Gasteiger partial charge in [0.05, 0.1) is 4.90 Å². The van der Waals surface area contributed by atoms with Crippen molar-refractivity contribution in [2.75, 3.05) is 0 Å². The fourth-order valence-corrected chi connectivity index (χ4v) is 5.53. The average molecular weight is 484 g/mol. The molecule has 30 heavy (non-hydrogen) atoms. The summed E-state index contributed by atoms with van der Waals surface area (Å²) < 4.78 is 27.1. The minimum Gasteiger partial charge on any atom is -0.368 e. The molecule has 3 rings (SSSR count). The molecule has 156 valence electrons. The topological polar surface area (TPSA) is 89.3 Å². The molecule has 0 aliphatic heterocycles. The lowest BCUT2D eigenvalue weighted by Crippen LogP contribution is -2.39. The first-order valence-electron chi connectivity index (χ1n) is 8.75. The van der Waals surface area contributed by atoms with Gasteiger partial charge in [-0.15, -0.1) is 0 Å². The normalized spacial score (nSPS) is 13.6. The molecule has 0 fully saturated rings. The van der Waals surface area contributed by atoms with E-state index in [9.17, 15) is 13.2 Å². The molecule has 1 amide bonds. The van der Waals surface area contributed by atoms with Gasteiger partial charge in [-0.3, -0.25) is 10.1 Å². The van der Waals surface area contributed by atoms with Crippen LogP contribution in [0.1, 0.15) is 22.5 Å². The third kappa shape index (κ3) is 4.79. The largest absolute Gasteiger partial charge is 0.368 e. The quantitative estimate of drug-likeness (QED) is 0.498. The zero-order valence-electron chi connectivity index (χ0n) is 15.4. The van der Waals surface area contributed by atoms with Crippen LogP contribution in [0.3, 0.4) is 0 Å². The van der Waals surface area contributed by atoms with Crippen LogP contribution in [0.25, 0.3) is 0 Å². The van der Waals surface area contributed by atoms with Crippen molar-refractivity contribution in [3.05, 3.63) is 99.0 Å². The lowest BCUT2D eigenvalue weighted by atomic mass is 10.1. The van der Waals surface area contributed by atoms with Gasteiger partial charge in [-0.1, -0.05) is 71.2 Å². The van der Waals surface area contributed by atoms with Crippen molar-refractivity contribution in [2.24, 2.45) is 5.73 Å². The molecular formula is C21H17Cl3N2O3S. The molecule has 3 N–H and O–H groups in total. The zero-order chi connectivity index (χ0) is 21.9. The van der Waals surface area contributed by atoms with E-state index in [2.05, 4.69) is 5.32 Å². The number of carbonyl (C=O) groups excluding carboxylic acids is 1. The third-order valence-corrected chi connectivity index (χ3v) is 7.28. The van der Waals surface area contributed by atoms with Crippen LogP contribution >= 0.6 is 34.8 Å². The number of carbonyl (C=O) groups is 1. The standard InChI is InChI=1S/C21H17Cl3N2O3S/c22-14-9-11-15(12-10-14)30(28,29)21(18-16(23)7-4-8-17(18)24)26-19(20(25)27)13-5-2-1-3-6-13/h1-12,19,21,26H,(H2,25,27)/t19?,21-/m1/s1. The highest BCUT2D eigenvalue weighted by Crippen LogP contribution is 2.38. The first-order chi connectivity index (χ1) is 14.2. The number of amides is 1. The number of hydrogen-bond acceptors (Lipinski definition) is 4. The maximum atomic E-state index is 13.6. The van der Waals surface area contributed by atoms with Gasteiger partial charge in [-0.2, -0.15) is 0 Å². The number of nitrogens with one attached hydrogen (secondary N) is 1. The summed E-state index contributed by atoms with van der Waals surface area (Å²) >= 11 is 18.6. The van der Waals surface area contributed by atoms with Crippen molar-refractivity contribution in [1.29, 1.82) is 0 Å². The molecule has 0 bridgehead atoms. The summed E-state index contributed by atoms with van der Waals surface area (Å²) in [6.45, 7) is 0. The highest BCUT2D eigenvalue weighted by atomic mass is 35.5. The molecule has 0 aliphatic rings. The second-order valence-electron chi connectivity index (χ2n) is 6.43. The number of sulfone groups is 1. The fraction of sp³-hybridized carbons (Fsp3) is 0.0952. The molecule has 0 radical (unpaired) electrons. The molecule has 0 heterocycles. The summed E-state index contributed by atoms with van der Waals surface area (Å²) in [6, 6.07) is 17.8. The van der Waals surface area contributed by atoms with Crippen LogP contribution in [0.2, 0.25) is 15.1 Å². The van der Waals surface area contributed by atoms with Crippen LogP contribution in [-0.4, -0.2) is 14.3 Å². The maximum Gasteiger partial charge on any atom is 0.239 e. The van der Waals surface area contributed by atoms with Gasteiger partial charge in [0.2, 0.25) is 5.91 Å². The van der Waals surface area contributed by atoms with E-state index in [1.54, 1.807) is 36.4 Å². The Bertz CT molecular complexity index is 1130. The molecule has 3 aromatic carbocycles. The number of nitrogens with two attached hydrogens (primary N) is 1. The van der Waals surface area contributed by atoms with Gasteiger partial charge in [-0.25, -0.2) is 8.42 Å². The minimum atomic E-state index is -4.10. The van der Waals surface area contributed by atoms with E-state index in [1.807, 2.05) is 0 Å². The van der Waals surface area contributed by atoms with Crippen LogP contribution in [0, 0.1) is 0 Å². The summed E-state index contributed by atoms with van der Waals surface area (Å²) in [4.78, 5) is 12.2. The van der Waals surface area contributed by atoms with E-state index in [1.165, 1.54) is 36.4 Å². The summed E-state index contributed by atoms with van der Waals surface area (Å²) in [5.74, 6) is -0.749. The van der Waals surface area contributed by atoms with Crippen molar-refractivity contribution in [3.63, 3.8) is 0 Å². The Morgan fingerprint density at radius 1 is 0.833 bits per heavy atom. The van der Waals surface area contributed by atoms with Gasteiger partial charge in [0, 0.05) is 20.6 Å². The SMILES string of the molecule is NC(=O)C(N[C@@H](c1c(Cl)cccc1Cl)S(=O)(=O)c1ccc(Cl)cc1)c1ccccc1. The highest BCUT2D eigenvalue weighted by molar-refractivity contribution is 7.91. The van der Waals surface area contributed by atoms with E-state index in [4.69, 9.17) is 40.5 Å². The van der Waals surface area contributed by atoms with Crippen molar-refractivity contribution in [2.45, 2.75) is 16.3 Å². The molecular weight excluding hydrogens is 467 g/mol. The highest BCUT2D eigenvalue weighted by Gasteiger charge is 2.36. The fourth-order valence-electron chi connectivity index (χ4n) is 2.99. The average Bonchev–Trinajstić information content (AvgIpc) is 2.70. The third-order valence-electron chi connectivity index (χ3n) is 4.45. The molecule has 0 saturated heterocycles. The summed E-state index contributed by atoms with van der Waals surface area (Å²) in [6.07, 6.45) is 0. The van der Waals surface area contributed by atoms with Crippen molar-refractivity contribution in [1.82, 2.24) is 5.32 Å². The zero-order valence-corrected chi connectivity index (χ0v) is 18.5. The number of halogens is 3. The van der Waals surface area contributed by atoms with E-state index in [0.29, 0.717) is 10.6 Å². The second-order valence-corrected chi connectivity index (χ2v) is 9.71. The lowest BCUT2D eigenvalue weighted by molar-refractivity contribution is -0.120. The Kier molecular flexibility index (Phi) is 7.06. The molecule has 0 aliphatic carbocycles. The van der Waals surface area contributed by atoms with Gasteiger partial charge in [0.15, 0.2) is 9.84 Å². The van der Waals surface area contributed by atoms with Crippen LogP contribution in [0.5, 0.6) is 0 Å². The van der Waals surface area contributed by atoms with Crippen molar-refractivity contribution < 1.29 is 13.2 Å². The monoisotopic (exact) mass is 482 g/mol. The predicted octanol–water partition coefficient (Wildman–Crippen LogP) is 4.94. The molecule has 0 saturated carbocycles. The van der Waals surface area contributed by atoms with Crippen LogP contribution in [-0.2, 0) is 14.6 Å². The first-order valence-corrected chi connectivity index (χ1v) is 11.4. The molecule has 0 spiro atoms. The number of rotatable bonds is 7. The predicted molar refractivity (Wildman–Crippen MR) is 119 cm³/mol. The Morgan fingerprint density at radius 2 is 1.40 bits per heavy atom. The molecule has 0 aromatic heterocycles. The number of hydrogen-bond donors (Lipinski definition) is 2. The molecule has 2 atom stereocenters. The Labute approximate surface area is 189 Å². The Morgan fingerprint density at radius 3 is 1.93 bits per heavy atom. The minimum absolute atomic E-state index is 0.0170. The van der Waals surface area contributed by atoms with Gasteiger partial charge in [0.25, 0.3) is 0 Å². The van der Waals surface area contributed by atoms with E-state index >= 15 is 0 Å². The van der Waals surface area contributed by atoms with Gasteiger partial charge < -0.3 is 5.73 Å². The number of primary amides is 1. The lowest BCUT2D eigenvalue weighted by Gasteiger charge is -2.26. The van der Waals surface area contributed by atoms with E-state index < -0.39 is 27.2 Å². The second kappa shape index (κ2) is 9.37. The molecule has 5 nitrogen and oxygen atoms in total. The van der Waals surface area contributed by atoms with E-state index in [-0.39, 0.29) is 20.5 Å². The summed E-state index contributed by atoms with van der Waals surface area (Å²) in [5.41, 5.74) is 6.22. The van der Waals surface area contributed by atoms with Crippen LogP contribution in [0.15, 0.2) is 77.7 Å². The van der Waals surface area contributed by atoms with Crippen molar-refractivity contribution in [3.8, 4) is 0 Å². The van der Waals surface area contributed by atoms with Gasteiger partial charge in [-0.05, 0) is 42.0 Å². The summed E-state index contributed by atoms with van der Waals surface area (Å²) in [5, 5.41) is 2.06. The smallest absolute Gasteiger partial charge is 0.239 e. The molecule has 1 unspecified atom stereocenters. The van der Waals surface area contributed by atoms with Gasteiger partial charge in [0.1, 0.15) is 11.4 Å². The molecule has 9 heteroatoms. The van der Waals surface area contributed by atoms with Crippen LogP contribution in [0.4, 0.5) is 0 Å². The Balaban J connectivity index is 2.17. The first kappa shape index (κ1) is 22.6. The number of benzene rings is 3. The van der Waals surface area contributed by atoms with Crippen molar-refractivity contribution >= 4 is 50.5 Å². The summed E-state index contributed by atoms with van der Waals surface area (Å²) in [7, 11) is -4.10. The van der Waals surface area contributed by atoms with Gasteiger partial charge >= 0.3 is 0 Å². The maximum absolute atomic E-state index is 13.6. The molecule has 3 aromatic rings. The van der Waals surface area contributed by atoms with Crippen LogP contribution < -0.4 is 11.1 Å². The Hall–Kier alpha value is -2.09.